The third-order valence-electron chi connectivity index (χ3n) is 6.50. The topological polar surface area (TPSA) is 35.2 Å². The van der Waals surface area contributed by atoms with Crippen LogP contribution in [0.3, 0.4) is 0 Å². The van der Waals surface area contributed by atoms with E-state index >= 15 is 0 Å². The molecule has 2 fully saturated rings. The first kappa shape index (κ1) is 18.9. The van der Waals surface area contributed by atoms with Gasteiger partial charge in [-0.25, -0.2) is 4.98 Å². The van der Waals surface area contributed by atoms with Crippen molar-refractivity contribution in [1.29, 1.82) is 0 Å². The lowest BCUT2D eigenvalue weighted by Crippen LogP contribution is -2.56. The average molecular weight is 347 g/mol. The Morgan fingerprint density at radius 2 is 2.00 bits per heavy atom. The van der Waals surface area contributed by atoms with Crippen molar-refractivity contribution in [1.82, 2.24) is 19.8 Å². The molecule has 2 heterocycles. The van der Waals surface area contributed by atoms with E-state index in [4.69, 9.17) is 0 Å². The third kappa shape index (κ3) is 4.85. The minimum absolute atomic E-state index is 0.599. The molecule has 0 aromatic carbocycles. The molecule has 1 N–H and O–H groups in total. The first-order valence-electron chi connectivity index (χ1n) is 10.8. The van der Waals surface area contributed by atoms with Gasteiger partial charge in [0, 0.05) is 50.0 Å². The molecule has 2 aliphatic rings. The van der Waals surface area contributed by atoms with Gasteiger partial charge in [0.25, 0.3) is 0 Å². The number of hydrogen-bond acceptors (Lipinski definition) is 3. The van der Waals surface area contributed by atoms with Gasteiger partial charge in [-0.1, -0.05) is 52.4 Å². The zero-order valence-electron chi connectivity index (χ0n) is 16.4. The molecular formula is C21H38N4. The maximum absolute atomic E-state index is 4.64. The lowest BCUT2D eigenvalue weighted by atomic mass is 9.91. The van der Waals surface area contributed by atoms with Crippen LogP contribution in [-0.4, -0.2) is 58.0 Å². The summed E-state index contributed by atoms with van der Waals surface area (Å²) in [7, 11) is 0. The standard InChI is InChI=1S/C21H38N4/c1-3-5-7-10-18-17-25(16-15-24(18)4-2)20-12-9-6-8-11-19(20)21-22-13-14-23-21/h13-14,18-20H,3-12,15-17H2,1-2H3,(H,22,23). The van der Waals surface area contributed by atoms with Crippen molar-refractivity contribution in [3.8, 4) is 0 Å². The molecule has 1 aromatic rings. The van der Waals surface area contributed by atoms with E-state index in [2.05, 4.69) is 33.6 Å². The van der Waals surface area contributed by atoms with Gasteiger partial charge in [-0.3, -0.25) is 9.80 Å². The van der Waals surface area contributed by atoms with Crippen molar-refractivity contribution >= 4 is 0 Å². The Balaban J connectivity index is 1.69. The van der Waals surface area contributed by atoms with Gasteiger partial charge >= 0.3 is 0 Å². The SMILES string of the molecule is CCCCCC1CN(C2CCCCCC2c2ncc[nH]2)CCN1CC. The molecule has 1 saturated carbocycles. The van der Waals surface area contributed by atoms with Crippen LogP contribution in [0.4, 0.5) is 0 Å². The van der Waals surface area contributed by atoms with Gasteiger partial charge in [-0.2, -0.15) is 0 Å². The molecule has 142 valence electrons. The van der Waals surface area contributed by atoms with Crippen molar-refractivity contribution in [3.63, 3.8) is 0 Å². The summed E-state index contributed by atoms with van der Waals surface area (Å²) in [5, 5.41) is 0. The second kappa shape index (κ2) is 9.72. The van der Waals surface area contributed by atoms with Gasteiger partial charge in [0.2, 0.25) is 0 Å². The number of aromatic nitrogens is 2. The van der Waals surface area contributed by atoms with Crippen LogP contribution in [0.1, 0.15) is 83.4 Å². The van der Waals surface area contributed by atoms with E-state index in [1.165, 1.54) is 89.8 Å². The molecule has 3 unspecified atom stereocenters. The van der Waals surface area contributed by atoms with E-state index in [1.807, 2.05) is 12.4 Å². The van der Waals surface area contributed by atoms with Gasteiger partial charge in [-0.15, -0.1) is 0 Å². The monoisotopic (exact) mass is 346 g/mol. The summed E-state index contributed by atoms with van der Waals surface area (Å²) >= 11 is 0. The summed E-state index contributed by atoms with van der Waals surface area (Å²) in [5.41, 5.74) is 0. The number of imidazole rings is 1. The Morgan fingerprint density at radius 3 is 2.76 bits per heavy atom. The van der Waals surface area contributed by atoms with Gasteiger partial charge in [-0.05, 0) is 25.8 Å². The van der Waals surface area contributed by atoms with Crippen LogP contribution in [-0.2, 0) is 0 Å². The predicted molar refractivity (Wildman–Crippen MR) is 105 cm³/mol. The van der Waals surface area contributed by atoms with E-state index in [0.717, 1.165) is 6.04 Å². The van der Waals surface area contributed by atoms with Gasteiger partial charge in [0.05, 0.1) is 0 Å². The summed E-state index contributed by atoms with van der Waals surface area (Å²) in [6.45, 7) is 9.59. The highest BCUT2D eigenvalue weighted by atomic mass is 15.3. The van der Waals surface area contributed by atoms with Crippen molar-refractivity contribution in [2.24, 2.45) is 0 Å². The lowest BCUT2D eigenvalue weighted by molar-refractivity contribution is 0.0348. The molecule has 3 atom stereocenters. The van der Waals surface area contributed by atoms with Crippen LogP contribution < -0.4 is 0 Å². The van der Waals surface area contributed by atoms with Crippen LogP contribution in [0.25, 0.3) is 0 Å². The number of rotatable bonds is 7. The molecule has 0 radical (unpaired) electrons. The molecule has 0 amide bonds. The fourth-order valence-electron chi connectivity index (χ4n) is 5.06. The van der Waals surface area contributed by atoms with Gasteiger partial charge < -0.3 is 4.98 Å². The zero-order valence-corrected chi connectivity index (χ0v) is 16.4. The zero-order chi connectivity index (χ0) is 17.5. The Bertz CT molecular complexity index is 472. The average Bonchev–Trinajstić information content (AvgIpc) is 3.06. The fraction of sp³-hybridized carbons (Fsp3) is 0.857. The highest BCUT2D eigenvalue weighted by molar-refractivity contribution is 5.04. The molecule has 1 aromatic heterocycles. The number of nitrogens with one attached hydrogen (secondary N) is 1. The van der Waals surface area contributed by atoms with Gasteiger partial charge in [0.1, 0.15) is 5.82 Å². The molecule has 3 rings (SSSR count). The number of piperazine rings is 1. The molecule has 1 aliphatic heterocycles. The molecule has 0 bridgehead atoms. The Labute approximate surface area is 154 Å². The van der Waals surface area contributed by atoms with Crippen LogP contribution >= 0.6 is 0 Å². The summed E-state index contributed by atoms with van der Waals surface area (Å²) in [6.07, 6.45) is 16.2. The van der Waals surface area contributed by atoms with Crippen molar-refractivity contribution in [2.75, 3.05) is 26.2 Å². The highest BCUT2D eigenvalue weighted by Crippen LogP contribution is 2.34. The number of hydrogen-bond donors (Lipinski definition) is 1. The molecule has 1 aliphatic carbocycles. The quantitative estimate of drug-likeness (QED) is 0.586. The molecule has 4 heteroatoms. The number of unbranched alkanes of at least 4 members (excludes halogenated alkanes) is 2. The van der Waals surface area contributed by atoms with Gasteiger partial charge in [0.15, 0.2) is 0 Å². The second-order valence-corrected chi connectivity index (χ2v) is 8.06. The summed E-state index contributed by atoms with van der Waals surface area (Å²) in [5.74, 6) is 1.83. The summed E-state index contributed by atoms with van der Waals surface area (Å²) in [6, 6.07) is 1.44. The van der Waals surface area contributed by atoms with Crippen LogP contribution in [0.15, 0.2) is 12.4 Å². The number of likely N-dealkylation sites (N-methyl/N-ethyl adjacent to an activating group) is 1. The number of H-pyrrole nitrogens is 1. The van der Waals surface area contributed by atoms with Crippen LogP contribution in [0.5, 0.6) is 0 Å². The second-order valence-electron chi connectivity index (χ2n) is 8.06. The smallest absolute Gasteiger partial charge is 0.110 e. The molecule has 25 heavy (non-hydrogen) atoms. The summed E-state index contributed by atoms with van der Waals surface area (Å²) in [4.78, 5) is 13.6. The number of nitrogens with zero attached hydrogens (tertiary/aromatic N) is 3. The first-order valence-corrected chi connectivity index (χ1v) is 10.8. The summed E-state index contributed by atoms with van der Waals surface area (Å²) < 4.78 is 0. The number of aromatic amines is 1. The van der Waals surface area contributed by atoms with Crippen molar-refractivity contribution in [3.05, 3.63) is 18.2 Å². The normalized spacial score (nSPS) is 29.6. The molecule has 0 spiro atoms. The van der Waals surface area contributed by atoms with E-state index in [9.17, 15) is 0 Å². The fourth-order valence-corrected chi connectivity index (χ4v) is 5.06. The van der Waals surface area contributed by atoms with E-state index in [-0.39, 0.29) is 0 Å². The maximum Gasteiger partial charge on any atom is 0.110 e. The molecular weight excluding hydrogens is 308 g/mol. The Kier molecular flexibility index (Phi) is 7.35. The van der Waals surface area contributed by atoms with Crippen LogP contribution in [0.2, 0.25) is 0 Å². The lowest BCUT2D eigenvalue weighted by Gasteiger charge is -2.46. The first-order chi connectivity index (χ1) is 12.3. The molecule has 1 saturated heterocycles. The molecule has 4 nitrogen and oxygen atoms in total. The third-order valence-corrected chi connectivity index (χ3v) is 6.50. The minimum Gasteiger partial charge on any atom is -0.348 e. The Morgan fingerprint density at radius 1 is 1.12 bits per heavy atom. The van der Waals surface area contributed by atoms with E-state index in [1.54, 1.807) is 0 Å². The van der Waals surface area contributed by atoms with Crippen molar-refractivity contribution < 1.29 is 0 Å². The minimum atomic E-state index is 0.599. The Hall–Kier alpha value is -0.870. The van der Waals surface area contributed by atoms with E-state index in [0.29, 0.717) is 12.0 Å². The van der Waals surface area contributed by atoms with Crippen molar-refractivity contribution in [2.45, 2.75) is 89.6 Å². The highest BCUT2D eigenvalue weighted by Gasteiger charge is 2.35. The van der Waals surface area contributed by atoms with E-state index < -0.39 is 0 Å². The van der Waals surface area contributed by atoms with Crippen LogP contribution in [0, 0.1) is 0 Å². The largest absolute Gasteiger partial charge is 0.348 e. The predicted octanol–water partition coefficient (Wildman–Crippen LogP) is 4.41. The maximum atomic E-state index is 4.64.